The summed E-state index contributed by atoms with van der Waals surface area (Å²) in [5.41, 5.74) is 9.58. The van der Waals surface area contributed by atoms with Crippen LogP contribution in [-0.4, -0.2) is 53.0 Å². The van der Waals surface area contributed by atoms with Crippen LogP contribution in [0.3, 0.4) is 0 Å². The lowest BCUT2D eigenvalue weighted by Gasteiger charge is -2.35. The van der Waals surface area contributed by atoms with Crippen LogP contribution in [0, 0.1) is 5.92 Å². The Bertz CT molecular complexity index is 892. The first-order valence-corrected chi connectivity index (χ1v) is 10.9. The van der Waals surface area contributed by atoms with Crippen LogP contribution in [0.5, 0.6) is 0 Å². The fourth-order valence-electron chi connectivity index (χ4n) is 4.97. The minimum Gasteiger partial charge on any atom is -0.356 e. The highest BCUT2D eigenvalue weighted by Crippen LogP contribution is 2.34. The summed E-state index contributed by atoms with van der Waals surface area (Å²) in [5, 5.41) is 0. The van der Waals surface area contributed by atoms with Crippen LogP contribution in [-0.2, 0) is 17.6 Å². The minimum atomic E-state index is 0.125. The lowest BCUT2D eigenvalue weighted by atomic mass is 9.95. The summed E-state index contributed by atoms with van der Waals surface area (Å²) in [6.45, 7) is 3.31. The van der Waals surface area contributed by atoms with Gasteiger partial charge in [-0.1, -0.05) is 30.3 Å². The molecule has 5 rings (SSSR count). The molecule has 2 saturated heterocycles. The van der Waals surface area contributed by atoms with E-state index >= 15 is 0 Å². The minimum absolute atomic E-state index is 0.125. The number of hydrogen-bond acceptors (Lipinski definition) is 5. The largest absolute Gasteiger partial charge is 0.356 e. The number of nitrogens with two attached hydrogens (primary N) is 1. The van der Waals surface area contributed by atoms with Crippen molar-refractivity contribution in [3.63, 3.8) is 0 Å². The zero-order valence-electron chi connectivity index (χ0n) is 16.9. The molecule has 6 heteroatoms. The molecule has 2 fully saturated rings. The van der Waals surface area contributed by atoms with E-state index in [9.17, 15) is 4.79 Å². The van der Waals surface area contributed by atoms with Crippen molar-refractivity contribution in [3.05, 3.63) is 41.6 Å². The normalized spacial score (nSPS) is 22.2. The molecule has 2 aromatic rings. The number of carbonyl (C=O) groups excluding carboxylic acids is 1. The highest BCUT2D eigenvalue weighted by Gasteiger charge is 2.33. The van der Waals surface area contributed by atoms with E-state index in [-0.39, 0.29) is 12.0 Å². The Morgan fingerprint density at radius 1 is 1.00 bits per heavy atom. The van der Waals surface area contributed by atoms with Crippen LogP contribution in [0.15, 0.2) is 30.3 Å². The van der Waals surface area contributed by atoms with Crippen molar-refractivity contribution in [3.8, 4) is 11.4 Å². The smallest absolute Gasteiger partial charge is 0.225 e. The Morgan fingerprint density at radius 2 is 1.79 bits per heavy atom. The third-order valence-electron chi connectivity index (χ3n) is 6.62. The van der Waals surface area contributed by atoms with Crippen LogP contribution in [0.4, 0.5) is 5.82 Å². The molecule has 1 aromatic carbocycles. The number of fused-ring (bicyclic) bond motifs is 1. The van der Waals surface area contributed by atoms with Crippen LogP contribution >= 0.6 is 0 Å². The summed E-state index contributed by atoms with van der Waals surface area (Å²) >= 11 is 0. The van der Waals surface area contributed by atoms with E-state index in [0.717, 1.165) is 81.9 Å². The van der Waals surface area contributed by atoms with E-state index in [0.29, 0.717) is 5.91 Å². The van der Waals surface area contributed by atoms with Gasteiger partial charge in [0.1, 0.15) is 5.82 Å². The molecule has 0 unspecified atom stereocenters. The average molecular weight is 392 g/mol. The van der Waals surface area contributed by atoms with Gasteiger partial charge in [0, 0.05) is 55.0 Å². The lowest BCUT2D eigenvalue weighted by molar-refractivity contribution is -0.135. The van der Waals surface area contributed by atoms with Gasteiger partial charge in [-0.3, -0.25) is 4.79 Å². The first-order valence-electron chi connectivity index (χ1n) is 10.9. The Labute approximate surface area is 172 Å². The Hall–Kier alpha value is -2.47. The van der Waals surface area contributed by atoms with Crippen molar-refractivity contribution in [1.29, 1.82) is 0 Å². The van der Waals surface area contributed by atoms with Gasteiger partial charge in [0.15, 0.2) is 5.82 Å². The van der Waals surface area contributed by atoms with Crippen LogP contribution < -0.4 is 10.6 Å². The molecule has 3 heterocycles. The number of aryl methyl sites for hydroxylation is 1. The molecule has 2 aliphatic heterocycles. The summed E-state index contributed by atoms with van der Waals surface area (Å²) in [5.74, 6) is 2.35. The fourth-order valence-corrected chi connectivity index (χ4v) is 4.97. The first-order chi connectivity index (χ1) is 14.2. The number of rotatable bonds is 3. The van der Waals surface area contributed by atoms with Crippen molar-refractivity contribution >= 4 is 11.7 Å². The van der Waals surface area contributed by atoms with Gasteiger partial charge in [-0.2, -0.15) is 0 Å². The molecule has 29 heavy (non-hydrogen) atoms. The lowest BCUT2D eigenvalue weighted by Crippen LogP contribution is -2.43. The third kappa shape index (κ3) is 3.62. The SMILES string of the molecule is N[C@@H]1CCN(C(=O)C2CCN(c3nc(-c4ccccc4)nc4c3CCC4)CC2)C1. The van der Waals surface area contributed by atoms with E-state index < -0.39 is 0 Å². The molecule has 1 aliphatic carbocycles. The molecule has 0 saturated carbocycles. The van der Waals surface area contributed by atoms with E-state index in [1.54, 1.807) is 0 Å². The highest BCUT2D eigenvalue weighted by molar-refractivity contribution is 5.79. The number of nitrogens with zero attached hydrogens (tertiary/aromatic N) is 4. The zero-order valence-corrected chi connectivity index (χ0v) is 16.9. The molecule has 0 spiro atoms. The maximum atomic E-state index is 12.8. The highest BCUT2D eigenvalue weighted by atomic mass is 16.2. The number of benzene rings is 1. The van der Waals surface area contributed by atoms with Gasteiger partial charge >= 0.3 is 0 Å². The van der Waals surface area contributed by atoms with E-state index in [4.69, 9.17) is 15.7 Å². The Morgan fingerprint density at radius 3 is 2.52 bits per heavy atom. The number of aromatic nitrogens is 2. The second kappa shape index (κ2) is 7.75. The van der Waals surface area contributed by atoms with Crippen molar-refractivity contribution in [2.45, 2.75) is 44.6 Å². The molecular weight excluding hydrogens is 362 g/mol. The van der Waals surface area contributed by atoms with Gasteiger partial charge in [0.05, 0.1) is 0 Å². The van der Waals surface area contributed by atoms with Gasteiger partial charge in [-0.15, -0.1) is 0 Å². The van der Waals surface area contributed by atoms with Crippen LogP contribution in [0.25, 0.3) is 11.4 Å². The number of likely N-dealkylation sites (tertiary alicyclic amines) is 1. The standard InChI is InChI=1S/C23H29N5O/c24-18-11-14-28(15-18)23(29)17-9-12-27(13-10-17)22-19-7-4-8-20(19)25-21(26-22)16-5-2-1-3-6-16/h1-3,5-6,17-18H,4,7-15,24H2/t18-/m1/s1. The topological polar surface area (TPSA) is 75.3 Å². The van der Waals surface area contributed by atoms with Gasteiger partial charge < -0.3 is 15.5 Å². The van der Waals surface area contributed by atoms with E-state index in [1.165, 1.54) is 11.3 Å². The van der Waals surface area contributed by atoms with Gasteiger partial charge in [0.2, 0.25) is 5.91 Å². The molecule has 1 amide bonds. The quantitative estimate of drug-likeness (QED) is 0.870. The first kappa shape index (κ1) is 18.6. The molecule has 3 aliphatic rings. The number of amides is 1. The number of hydrogen-bond donors (Lipinski definition) is 1. The third-order valence-corrected chi connectivity index (χ3v) is 6.62. The van der Waals surface area contributed by atoms with E-state index in [1.807, 2.05) is 23.1 Å². The van der Waals surface area contributed by atoms with Gasteiger partial charge in [-0.05, 0) is 38.5 Å². The molecule has 1 atom stereocenters. The molecule has 152 valence electrons. The number of anilines is 1. The summed E-state index contributed by atoms with van der Waals surface area (Å²) < 4.78 is 0. The summed E-state index contributed by atoms with van der Waals surface area (Å²) in [6.07, 6.45) is 5.96. The Kier molecular flexibility index (Phi) is 4.96. The number of carbonyl (C=O) groups is 1. The van der Waals surface area contributed by atoms with Crippen molar-refractivity contribution in [2.75, 3.05) is 31.1 Å². The molecule has 6 nitrogen and oxygen atoms in total. The zero-order chi connectivity index (χ0) is 19.8. The average Bonchev–Trinajstić information content (AvgIpc) is 3.42. The van der Waals surface area contributed by atoms with Crippen LogP contribution in [0.1, 0.15) is 36.9 Å². The van der Waals surface area contributed by atoms with Crippen molar-refractivity contribution in [2.24, 2.45) is 11.7 Å². The molecule has 0 bridgehead atoms. The second-order valence-corrected chi connectivity index (χ2v) is 8.61. The van der Waals surface area contributed by atoms with E-state index in [2.05, 4.69) is 17.0 Å². The van der Waals surface area contributed by atoms with Gasteiger partial charge in [-0.25, -0.2) is 9.97 Å². The molecule has 1 aromatic heterocycles. The van der Waals surface area contributed by atoms with Crippen molar-refractivity contribution < 1.29 is 4.79 Å². The Balaban J connectivity index is 1.34. The summed E-state index contributed by atoms with van der Waals surface area (Å²) in [7, 11) is 0. The molecule has 2 N–H and O–H groups in total. The predicted octanol–water partition coefficient (Wildman–Crippen LogP) is 2.41. The summed E-state index contributed by atoms with van der Waals surface area (Å²) in [6, 6.07) is 10.4. The maximum Gasteiger partial charge on any atom is 0.225 e. The monoisotopic (exact) mass is 391 g/mol. The van der Waals surface area contributed by atoms with Gasteiger partial charge in [0.25, 0.3) is 0 Å². The van der Waals surface area contributed by atoms with Crippen LogP contribution in [0.2, 0.25) is 0 Å². The number of piperidine rings is 1. The maximum absolute atomic E-state index is 12.8. The fraction of sp³-hybridized carbons (Fsp3) is 0.522. The van der Waals surface area contributed by atoms with Crippen molar-refractivity contribution in [1.82, 2.24) is 14.9 Å². The molecule has 0 radical (unpaired) electrons. The molecular formula is C23H29N5O. The second-order valence-electron chi connectivity index (χ2n) is 8.61. The predicted molar refractivity (Wildman–Crippen MR) is 114 cm³/mol. The summed E-state index contributed by atoms with van der Waals surface area (Å²) in [4.78, 5) is 27.1.